The van der Waals surface area contributed by atoms with Gasteiger partial charge < -0.3 is 4.74 Å². The van der Waals surface area contributed by atoms with Crippen molar-refractivity contribution in [1.82, 2.24) is 4.98 Å². The average molecular weight is 303 g/mol. The van der Waals surface area contributed by atoms with E-state index in [4.69, 9.17) is 4.74 Å². The van der Waals surface area contributed by atoms with Crippen LogP contribution in [0.5, 0.6) is 5.75 Å². The van der Waals surface area contributed by atoms with Crippen molar-refractivity contribution in [2.45, 2.75) is 6.61 Å². The smallest absolute Gasteiger partial charge is 0.159 e. The highest BCUT2D eigenvalue weighted by molar-refractivity contribution is 7.09. The van der Waals surface area contributed by atoms with Gasteiger partial charge in [-0.15, -0.1) is 11.3 Å². The second kappa shape index (κ2) is 6.01. The number of thiazole rings is 1. The molecule has 5 heteroatoms. The molecule has 2 aromatic carbocycles. The highest BCUT2D eigenvalue weighted by atomic mass is 32.1. The van der Waals surface area contributed by atoms with Gasteiger partial charge in [0.15, 0.2) is 11.6 Å². The standard InChI is InChI=1S/C16H11F2NOS/c17-13-7-6-11(8-14(13)18)15-10-21-16(19-15)9-20-12-4-2-1-3-5-12/h1-8,10H,9H2. The van der Waals surface area contributed by atoms with Gasteiger partial charge in [0.25, 0.3) is 0 Å². The predicted molar refractivity (Wildman–Crippen MR) is 78.2 cm³/mol. The summed E-state index contributed by atoms with van der Waals surface area (Å²) in [5.74, 6) is -0.966. The Morgan fingerprint density at radius 1 is 1.00 bits per heavy atom. The zero-order valence-corrected chi connectivity index (χ0v) is 11.7. The molecule has 0 radical (unpaired) electrons. The highest BCUT2D eigenvalue weighted by Gasteiger charge is 2.08. The molecule has 106 valence electrons. The van der Waals surface area contributed by atoms with Gasteiger partial charge in [0.2, 0.25) is 0 Å². The summed E-state index contributed by atoms with van der Waals surface area (Å²) >= 11 is 1.42. The molecule has 3 rings (SSSR count). The highest BCUT2D eigenvalue weighted by Crippen LogP contribution is 2.24. The van der Waals surface area contributed by atoms with Gasteiger partial charge >= 0.3 is 0 Å². The molecule has 0 bridgehead atoms. The van der Waals surface area contributed by atoms with Crippen molar-refractivity contribution in [2.75, 3.05) is 0 Å². The van der Waals surface area contributed by atoms with Crippen molar-refractivity contribution in [3.05, 3.63) is 70.6 Å². The van der Waals surface area contributed by atoms with Crippen LogP contribution in [0.15, 0.2) is 53.9 Å². The molecule has 1 heterocycles. The van der Waals surface area contributed by atoms with Crippen molar-refractivity contribution in [2.24, 2.45) is 0 Å². The molecule has 0 aliphatic rings. The average Bonchev–Trinajstić information content (AvgIpc) is 2.98. The Balaban J connectivity index is 1.72. The lowest BCUT2D eigenvalue weighted by atomic mass is 10.2. The molecular weight excluding hydrogens is 292 g/mol. The summed E-state index contributed by atoms with van der Waals surface area (Å²) in [6, 6.07) is 13.2. The number of ether oxygens (including phenoxy) is 1. The Bertz CT molecular complexity index is 743. The van der Waals surface area contributed by atoms with E-state index in [1.807, 2.05) is 30.3 Å². The molecule has 0 unspecified atom stereocenters. The van der Waals surface area contributed by atoms with Gasteiger partial charge in [0.05, 0.1) is 5.69 Å². The van der Waals surface area contributed by atoms with E-state index in [9.17, 15) is 8.78 Å². The Hall–Kier alpha value is -2.27. The zero-order valence-electron chi connectivity index (χ0n) is 10.9. The van der Waals surface area contributed by atoms with Gasteiger partial charge in [-0.3, -0.25) is 0 Å². The Morgan fingerprint density at radius 2 is 1.81 bits per heavy atom. The van der Waals surface area contributed by atoms with Crippen molar-refractivity contribution in [3.8, 4) is 17.0 Å². The molecule has 0 aliphatic carbocycles. The first-order chi connectivity index (χ1) is 10.2. The van der Waals surface area contributed by atoms with Gasteiger partial charge in [0, 0.05) is 10.9 Å². The number of para-hydroxylation sites is 1. The van der Waals surface area contributed by atoms with Crippen molar-refractivity contribution in [1.29, 1.82) is 0 Å². The maximum Gasteiger partial charge on any atom is 0.159 e. The number of benzene rings is 2. The van der Waals surface area contributed by atoms with Crippen LogP contribution in [-0.4, -0.2) is 4.98 Å². The van der Waals surface area contributed by atoms with E-state index in [1.165, 1.54) is 17.4 Å². The minimum atomic E-state index is -0.873. The van der Waals surface area contributed by atoms with Gasteiger partial charge in [-0.05, 0) is 30.3 Å². The molecule has 21 heavy (non-hydrogen) atoms. The minimum Gasteiger partial charge on any atom is -0.486 e. The first-order valence-electron chi connectivity index (χ1n) is 6.30. The summed E-state index contributed by atoms with van der Waals surface area (Å²) in [6.07, 6.45) is 0. The van der Waals surface area contributed by atoms with Gasteiger partial charge in [-0.2, -0.15) is 0 Å². The molecule has 1 aromatic heterocycles. The second-order valence-corrected chi connectivity index (χ2v) is 5.30. The molecule has 0 saturated heterocycles. The van der Waals surface area contributed by atoms with E-state index in [1.54, 1.807) is 5.38 Å². The lowest BCUT2D eigenvalue weighted by molar-refractivity contribution is 0.305. The summed E-state index contributed by atoms with van der Waals surface area (Å²) in [4.78, 5) is 4.37. The van der Waals surface area contributed by atoms with Crippen molar-refractivity contribution >= 4 is 11.3 Å². The maximum atomic E-state index is 13.2. The van der Waals surface area contributed by atoms with Crippen LogP contribution < -0.4 is 4.74 Å². The van der Waals surface area contributed by atoms with Crippen molar-refractivity contribution in [3.63, 3.8) is 0 Å². The molecule has 0 N–H and O–H groups in total. The van der Waals surface area contributed by atoms with Gasteiger partial charge in [-0.1, -0.05) is 18.2 Å². The Morgan fingerprint density at radius 3 is 2.57 bits per heavy atom. The fourth-order valence-corrected chi connectivity index (χ4v) is 2.54. The fourth-order valence-electron chi connectivity index (χ4n) is 1.83. The van der Waals surface area contributed by atoms with Crippen LogP contribution in [0.3, 0.4) is 0 Å². The molecule has 0 aliphatic heterocycles. The quantitative estimate of drug-likeness (QED) is 0.699. The van der Waals surface area contributed by atoms with Gasteiger partial charge in [-0.25, -0.2) is 13.8 Å². The summed E-state index contributed by atoms with van der Waals surface area (Å²) < 4.78 is 31.7. The lowest BCUT2D eigenvalue weighted by Gasteiger charge is -2.02. The summed E-state index contributed by atoms with van der Waals surface area (Å²) in [5.41, 5.74) is 1.17. The molecule has 0 fully saturated rings. The number of halogens is 2. The van der Waals surface area contributed by atoms with E-state index < -0.39 is 11.6 Å². The van der Waals surface area contributed by atoms with Crippen LogP contribution >= 0.6 is 11.3 Å². The largest absolute Gasteiger partial charge is 0.486 e. The van der Waals surface area contributed by atoms with Crippen LogP contribution in [0, 0.1) is 11.6 Å². The Labute approximate surface area is 124 Å². The topological polar surface area (TPSA) is 22.1 Å². The normalized spacial score (nSPS) is 10.6. The number of aromatic nitrogens is 1. The van der Waals surface area contributed by atoms with E-state index in [-0.39, 0.29) is 0 Å². The van der Waals surface area contributed by atoms with E-state index >= 15 is 0 Å². The van der Waals surface area contributed by atoms with E-state index in [2.05, 4.69) is 4.98 Å². The lowest BCUT2D eigenvalue weighted by Crippen LogP contribution is -1.94. The predicted octanol–water partition coefficient (Wildman–Crippen LogP) is 4.67. The second-order valence-electron chi connectivity index (χ2n) is 4.36. The molecule has 0 saturated carbocycles. The third-order valence-corrected chi connectivity index (χ3v) is 3.69. The van der Waals surface area contributed by atoms with Crippen LogP contribution in [-0.2, 0) is 6.61 Å². The third kappa shape index (κ3) is 3.25. The molecule has 0 amide bonds. The Kier molecular flexibility index (Phi) is 3.92. The molecule has 0 atom stereocenters. The number of rotatable bonds is 4. The third-order valence-electron chi connectivity index (χ3n) is 2.87. The maximum absolute atomic E-state index is 13.2. The van der Waals surface area contributed by atoms with E-state index in [0.29, 0.717) is 17.9 Å². The van der Waals surface area contributed by atoms with Gasteiger partial charge in [0.1, 0.15) is 17.4 Å². The summed E-state index contributed by atoms with van der Waals surface area (Å²) in [5, 5.41) is 2.58. The van der Waals surface area contributed by atoms with Crippen molar-refractivity contribution < 1.29 is 13.5 Å². The number of hydrogen-bond acceptors (Lipinski definition) is 3. The molecular formula is C16H11F2NOS. The SMILES string of the molecule is Fc1ccc(-c2csc(COc3ccccc3)n2)cc1F. The van der Waals surface area contributed by atoms with E-state index in [0.717, 1.165) is 22.9 Å². The fraction of sp³-hybridized carbons (Fsp3) is 0.0625. The first-order valence-corrected chi connectivity index (χ1v) is 7.18. The summed E-state index contributed by atoms with van der Waals surface area (Å²) in [6.45, 7) is 0.346. The van der Waals surface area contributed by atoms with Crippen LogP contribution in [0.4, 0.5) is 8.78 Å². The number of nitrogens with zero attached hydrogens (tertiary/aromatic N) is 1. The minimum absolute atomic E-state index is 0.346. The summed E-state index contributed by atoms with van der Waals surface area (Å²) in [7, 11) is 0. The molecule has 3 aromatic rings. The molecule has 0 spiro atoms. The number of hydrogen-bond donors (Lipinski definition) is 0. The first kappa shape index (κ1) is 13.7. The van der Waals surface area contributed by atoms with Crippen LogP contribution in [0.2, 0.25) is 0 Å². The zero-order chi connectivity index (χ0) is 14.7. The monoisotopic (exact) mass is 303 g/mol. The van der Waals surface area contributed by atoms with Crippen LogP contribution in [0.1, 0.15) is 5.01 Å². The molecule has 2 nitrogen and oxygen atoms in total. The van der Waals surface area contributed by atoms with Crippen LogP contribution in [0.25, 0.3) is 11.3 Å².